The number of benzene rings is 1. The molecule has 1 aromatic rings. The molecule has 0 aromatic heterocycles. The molecule has 1 fully saturated rings. The Balaban J connectivity index is 0.00000338. The summed E-state index contributed by atoms with van der Waals surface area (Å²) in [6.07, 6.45) is 2.93. The van der Waals surface area contributed by atoms with Crippen molar-refractivity contribution in [3.05, 3.63) is 17.7 Å². The smallest absolute Gasteiger partial charge is 0.254 e. The maximum Gasteiger partial charge on any atom is 0.254 e. The van der Waals surface area contributed by atoms with E-state index in [1.807, 2.05) is 11.8 Å². The van der Waals surface area contributed by atoms with Crippen molar-refractivity contribution < 1.29 is 19.1 Å². The van der Waals surface area contributed by atoms with Crippen LogP contribution >= 0.6 is 12.4 Å². The van der Waals surface area contributed by atoms with Crippen molar-refractivity contribution in [2.75, 3.05) is 26.1 Å². The molecule has 146 valence electrons. The minimum absolute atomic E-state index is 0. The molecule has 26 heavy (non-hydrogen) atoms. The van der Waals surface area contributed by atoms with Crippen molar-refractivity contribution in [2.45, 2.75) is 45.2 Å². The van der Waals surface area contributed by atoms with E-state index in [1.54, 1.807) is 12.1 Å². The fraction of sp³-hybridized carbons (Fsp3) is 0.556. The third kappa shape index (κ3) is 4.80. The molecule has 1 aromatic carbocycles. The highest BCUT2D eigenvalue weighted by atomic mass is 35.5. The summed E-state index contributed by atoms with van der Waals surface area (Å²) in [6, 6.07) is 3.18. The molecule has 1 aliphatic rings. The van der Waals surface area contributed by atoms with Crippen molar-refractivity contribution in [2.24, 2.45) is 5.73 Å². The zero-order chi connectivity index (χ0) is 18.6. The van der Waals surface area contributed by atoms with Crippen LogP contribution in [0.15, 0.2) is 12.1 Å². The second-order valence-corrected chi connectivity index (χ2v) is 6.36. The second kappa shape index (κ2) is 9.64. The van der Waals surface area contributed by atoms with Gasteiger partial charge in [0.1, 0.15) is 0 Å². The first-order valence-corrected chi connectivity index (χ1v) is 8.49. The summed E-state index contributed by atoms with van der Waals surface area (Å²) in [5, 5.41) is 2.69. The van der Waals surface area contributed by atoms with E-state index in [9.17, 15) is 9.59 Å². The Hall–Kier alpha value is -1.99. The van der Waals surface area contributed by atoms with Gasteiger partial charge in [-0.3, -0.25) is 9.59 Å². The van der Waals surface area contributed by atoms with Gasteiger partial charge in [0.25, 0.3) is 5.91 Å². The van der Waals surface area contributed by atoms with Crippen LogP contribution in [0.5, 0.6) is 11.5 Å². The molecule has 1 aliphatic heterocycles. The number of nitrogens with one attached hydrogen (secondary N) is 1. The highest BCUT2D eigenvalue weighted by Gasteiger charge is 2.30. The molecule has 2 unspecified atom stereocenters. The molecule has 8 heteroatoms. The van der Waals surface area contributed by atoms with Gasteiger partial charge in [-0.05, 0) is 38.3 Å². The van der Waals surface area contributed by atoms with Crippen molar-refractivity contribution in [3.8, 4) is 11.5 Å². The third-order valence-corrected chi connectivity index (χ3v) is 4.45. The number of amides is 2. The first-order valence-electron chi connectivity index (χ1n) is 8.49. The Morgan fingerprint density at radius 3 is 2.50 bits per heavy atom. The summed E-state index contributed by atoms with van der Waals surface area (Å²) in [5.41, 5.74) is 6.92. The number of nitrogens with two attached hydrogens (primary N) is 1. The fourth-order valence-corrected chi connectivity index (χ4v) is 3.29. The highest BCUT2D eigenvalue weighted by molar-refractivity contribution is 5.99. The Bertz CT molecular complexity index is 652. The van der Waals surface area contributed by atoms with Crippen LogP contribution in [0.4, 0.5) is 5.69 Å². The third-order valence-electron chi connectivity index (χ3n) is 4.45. The van der Waals surface area contributed by atoms with Crippen molar-refractivity contribution in [1.82, 2.24) is 4.90 Å². The lowest BCUT2D eigenvalue weighted by atomic mass is 9.96. The van der Waals surface area contributed by atoms with Crippen LogP contribution in [-0.2, 0) is 4.79 Å². The lowest BCUT2D eigenvalue weighted by molar-refractivity contribution is -0.114. The lowest BCUT2D eigenvalue weighted by Crippen LogP contribution is -2.51. The standard InChI is InChI=1S/C18H27N3O4.ClH/c1-11(19)15-7-5-6-8-21(15)18(23)13-9-14(20-12(2)22)17(25-4)16(10-13)24-3;/h9-11,15H,5-8,19H2,1-4H3,(H,20,22);1H. The molecular weight excluding hydrogens is 358 g/mol. The van der Waals surface area contributed by atoms with Crippen molar-refractivity contribution in [3.63, 3.8) is 0 Å². The van der Waals surface area contributed by atoms with E-state index in [-0.39, 0.29) is 36.3 Å². The van der Waals surface area contributed by atoms with Crippen LogP contribution in [0.2, 0.25) is 0 Å². The number of rotatable bonds is 5. The SMILES string of the molecule is COc1cc(C(=O)N2CCCCC2C(C)N)cc(NC(C)=O)c1OC.Cl. The molecule has 0 bridgehead atoms. The number of anilines is 1. The van der Waals surface area contributed by atoms with Gasteiger partial charge in [-0.15, -0.1) is 12.4 Å². The maximum absolute atomic E-state index is 13.1. The summed E-state index contributed by atoms with van der Waals surface area (Å²) in [7, 11) is 2.98. The minimum atomic E-state index is -0.253. The number of halogens is 1. The van der Waals surface area contributed by atoms with Crippen molar-refractivity contribution >= 4 is 29.9 Å². The molecule has 1 heterocycles. The van der Waals surface area contributed by atoms with Crippen LogP contribution in [0, 0.1) is 0 Å². The number of carbonyl (C=O) groups is 2. The summed E-state index contributed by atoms with van der Waals surface area (Å²) >= 11 is 0. The minimum Gasteiger partial charge on any atom is -0.493 e. The van der Waals surface area contributed by atoms with Gasteiger partial charge in [0.2, 0.25) is 5.91 Å². The predicted octanol–water partition coefficient (Wildman–Crippen LogP) is 2.43. The number of piperidine rings is 1. The number of nitrogens with zero attached hydrogens (tertiary/aromatic N) is 1. The zero-order valence-corrected chi connectivity index (χ0v) is 16.5. The second-order valence-electron chi connectivity index (χ2n) is 6.36. The van der Waals surface area contributed by atoms with Crippen LogP contribution < -0.4 is 20.5 Å². The van der Waals surface area contributed by atoms with Crippen molar-refractivity contribution in [1.29, 1.82) is 0 Å². The molecule has 0 radical (unpaired) electrons. The van der Waals surface area contributed by atoms with Gasteiger partial charge in [0.15, 0.2) is 11.5 Å². The Kier molecular flexibility index (Phi) is 8.17. The molecule has 7 nitrogen and oxygen atoms in total. The molecule has 0 saturated carbocycles. The maximum atomic E-state index is 13.1. The fourth-order valence-electron chi connectivity index (χ4n) is 3.29. The normalized spacial score (nSPS) is 17.7. The number of carbonyl (C=O) groups excluding carboxylic acids is 2. The summed E-state index contributed by atoms with van der Waals surface area (Å²) in [6.45, 7) is 4.00. The van der Waals surface area contributed by atoms with E-state index >= 15 is 0 Å². The predicted molar refractivity (Wildman–Crippen MR) is 103 cm³/mol. The van der Waals surface area contributed by atoms with Gasteiger partial charge in [-0.25, -0.2) is 0 Å². The first-order chi connectivity index (χ1) is 11.9. The average molecular weight is 386 g/mol. The van der Waals surface area contributed by atoms with E-state index < -0.39 is 0 Å². The van der Waals surface area contributed by atoms with E-state index in [0.717, 1.165) is 19.3 Å². The van der Waals surface area contributed by atoms with Crippen LogP contribution in [0.25, 0.3) is 0 Å². The highest BCUT2D eigenvalue weighted by Crippen LogP contribution is 2.37. The Labute approximate surface area is 160 Å². The van der Waals surface area contributed by atoms with Gasteiger partial charge in [0, 0.05) is 31.1 Å². The average Bonchev–Trinajstić information content (AvgIpc) is 2.59. The quantitative estimate of drug-likeness (QED) is 0.811. The number of hydrogen-bond donors (Lipinski definition) is 2. The van der Waals surface area contributed by atoms with E-state index in [0.29, 0.717) is 29.3 Å². The molecule has 2 rings (SSSR count). The largest absolute Gasteiger partial charge is 0.493 e. The van der Waals surface area contributed by atoms with Gasteiger partial charge < -0.3 is 25.4 Å². The summed E-state index contributed by atoms with van der Waals surface area (Å²) < 4.78 is 10.7. The van der Waals surface area contributed by atoms with Gasteiger partial charge >= 0.3 is 0 Å². The summed E-state index contributed by atoms with van der Waals surface area (Å²) in [4.78, 5) is 26.4. The number of ether oxygens (including phenoxy) is 2. The number of likely N-dealkylation sites (tertiary alicyclic amines) is 1. The number of hydrogen-bond acceptors (Lipinski definition) is 5. The first kappa shape index (κ1) is 22.1. The van der Waals surface area contributed by atoms with Gasteiger partial charge in [0.05, 0.1) is 19.9 Å². The molecule has 1 saturated heterocycles. The number of methoxy groups -OCH3 is 2. The van der Waals surface area contributed by atoms with E-state index in [1.165, 1.54) is 21.1 Å². The molecule has 2 amide bonds. The lowest BCUT2D eigenvalue weighted by Gasteiger charge is -2.38. The Morgan fingerprint density at radius 2 is 1.96 bits per heavy atom. The summed E-state index contributed by atoms with van der Waals surface area (Å²) in [5.74, 6) is 0.411. The molecular formula is C18H28ClN3O4. The van der Waals surface area contributed by atoms with Gasteiger partial charge in [-0.2, -0.15) is 0 Å². The molecule has 3 N–H and O–H groups in total. The zero-order valence-electron chi connectivity index (χ0n) is 15.7. The monoisotopic (exact) mass is 385 g/mol. The van der Waals surface area contributed by atoms with Gasteiger partial charge in [-0.1, -0.05) is 0 Å². The Morgan fingerprint density at radius 1 is 1.27 bits per heavy atom. The molecule has 0 aliphatic carbocycles. The van der Waals surface area contributed by atoms with Crippen LogP contribution in [-0.4, -0.2) is 49.6 Å². The van der Waals surface area contributed by atoms with Crippen LogP contribution in [0.1, 0.15) is 43.5 Å². The molecule has 0 spiro atoms. The topological polar surface area (TPSA) is 93.9 Å². The van der Waals surface area contributed by atoms with E-state index in [4.69, 9.17) is 15.2 Å². The van der Waals surface area contributed by atoms with Crippen LogP contribution in [0.3, 0.4) is 0 Å². The molecule has 2 atom stereocenters. The van der Waals surface area contributed by atoms with E-state index in [2.05, 4.69) is 5.32 Å².